The molecule has 4 rings (SSSR count). The first-order valence-corrected chi connectivity index (χ1v) is 7.66. The fraction of sp³-hybridized carbons (Fsp3) is 0.118. The first-order valence-electron chi connectivity index (χ1n) is 7.66. The molecular formula is C17H14N6O2. The first kappa shape index (κ1) is 15.0. The molecule has 1 N–H and O–H groups in total. The molecule has 1 amide bonds. The van der Waals surface area contributed by atoms with Crippen molar-refractivity contribution in [1.29, 1.82) is 0 Å². The number of rotatable bonds is 3. The van der Waals surface area contributed by atoms with Crippen molar-refractivity contribution in [2.75, 3.05) is 0 Å². The van der Waals surface area contributed by atoms with Crippen molar-refractivity contribution in [3.05, 3.63) is 70.5 Å². The summed E-state index contributed by atoms with van der Waals surface area (Å²) < 4.78 is 2.81. The molecule has 3 aromatic heterocycles. The summed E-state index contributed by atoms with van der Waals surface area (Å²) in [6.45, 7) is 0.262. The molecule has 3 heterocycles. The van der Waals surface area contributed by atoms with Crippen molar-refractivity contribution in [2.45, 2.75) is 6.54 Å². The minimum atomic E-state index is -0.359. The summed E-state index contributed by atoms with van der Waals surface area (Å²) in [5.74, 6) is -0.359. The maximum absolute atomic E-state index is 12.6. The Hall–Kier alpha value is -3.55. The second kappa shape index (κ2) is 5.82. The van der Waals surface area contributed by atoms with Crippen LogP contribution in [0.2, 0.25) is 0 Å². The van der Waals surface area contributed by atoms with Gasteiger partial charge in [-0.1, -0.05) is 18.2 Å². The van der Waals surface area contributed by atoms with E-state index in [1.807, 2.05) is 0 Å². The number of nitrogens with zero attached hydrogens (tertiary/aromatic N) is 5. The zero-order chi connectivity index (χ0) is 17.4. The minimum Gasteiger partial charge on any atom is -0.346 e. The highest BCUT2D eigenvalue weighted by Crippen LogP contribution is 2.13. The highest BCUT2D eigenvalue weighted by molar-refractivity contribution is 6.04. The Morgan fingerprint density at radius 3 is 2.84 bits per heavy atom. The summed E-state index contributed by atoms with van der Waals surface area (Å²) in [6, 6.07) is 8.72. The molecule has 0 unspecified atom stereocenters. The number of nitrogens with one attached hydrogen (secondary N) is 1. The van der Waals surface area contributed by atoms with Crippen molar-refractivity contribution < 1.29 is 4.79 Å². The molecule has 0 bridgehead atoms. The Morgan fingerprint density at radius 1 is 1.20 bits per heavy atom. The van der Waals surface area contributed by atoms with Crippen LogP contribution >= 0.6 is 0 Å². The van der Waals surface area contributed by atoms with Gasteiger partial charge in [0.2, 0.25) is 0 Å². The van der Waals surface area contributed by atoms with Gasteiger partial charge in [0, 0.05) is 36.9 Å². The third-order valence-corrected chi connectivity index (χ3v) is 3.96. The van der Waals surface area contributed by atoms with Crippen LogP contribution < -0.4 is 10.9 Å². The lowest BCUT2D eigenvalue weighted by Gasteiger charge is -2.08. The van der Waals surface area contributed by atoms with Gasteiger partial charge in [-0.2, -0.15) is 10.2 Å². The highest BCUT2D eigenvalue weighted by Gasteiger charge is 2.16. The molecule has 0 saturated carbocycles. The SMILES string of the molecule is Cn1nc(C(=O)NCc2cnn3cccnc23)c2ccccc2c1=O. The zero-order valence-electron chi connectivity index (χ0n) is 13.4. The van der Waals surface area contributed by atoms with Gasteiger partial charge in [0.25, 0.3) is 11.5 Å². The summed E-state index contributed by atoms with van der Waals surface area (Å²) in [6.07, 6.45) is 5.12. The Kier molecular flexibility index (Phi) is 3.50. The molecule has 0 aliphatic carbocycles. The van der Waals surface area contributed by atoms with Crippen molar-refractivity contribution in [2.24, 2.45) is 7.05 Å². The minimum absolute atomic E-state index is 0.210. The van der Waals surface area contributed by atoms with Crippen LogP contribution in [0.25, 0.3) is 16.4 Å². The van der Waals surface area contributed by atoms with E-state index in [9.17, 15) is 9.59 Å². The number of carbonyl (C=O) groups excluding carboxylic acids is 1. The number of aryl methyl sites for hydroxylation is 1. The fourth-order valence-corrected chi connectivity index (χ4v) is 2.73. The van der Waals surface area contributed by atoms with Gasteiger partial charge < -0.3 is 5.32 Å². The lowest BCUT2D eigenvalue weighted by molar-refractivity contribution is 0.0946. The summed E-state index contributed by atoms with van der Waals surface area (Å²) in [5.41, 5.74) is 1.45. The van der Waals surface area contributed by atoms with Gasteiger partial charge in [0.1, 0.15) is 0 Å². The maximum Gasteiger partial charge on any atom is 0.274 e. The van der Waals surface area contributed by atoms with Gasteiger partial charge in [-0.05, 0) is 12.1 Å². The molecular weight excluding hydrogens is 320 g/mol. The number of amides is 1. The van der Waals surface area contributed by atoms with Crippen LogP contribution in [0.4, 0.5) is 0 Å². The van der Waals surface area contributed by atoms with Crippen LogP contribution in [-0.2, 0) is 13.6 Å². The molecule has 0 aliphatic heterocycles. The number of benzene rings is 1. The molecule has 8 heteroatoms. The lowest BCUT2D eigenvalue weighted by Crippen LogP contribution is -2.29. The van der Waals surface area contributed by atoms with Crippen molar-refractivity contribution in [3.8, 4) is 0 Å². The Morgan fingerprint density at radius 2 is 2.00 bits per heavy atom. The molecule has 8 nitrogen and oxygen atoms in total. The molecule has 124 valence electrons. The average Bonchev–Trinajstić information content (AvgIpc) is 3.06. The Balaban J connectivity index is 1.67. The third-order valence-electron chi connectivity index (χ3n) is 3.96. The quantitative estimate of drug-likeness (QED) is 0.601. The second-order valence-electron chi connectivity index (χ2n) is 5.56. The summed E-state index contributed by atoms with van der Waals surface area (Å²) in [7, 11) is 1.53. The summed E-state index contributed by atoms with van der Waals surface area (Å²) >= 11 is 0. The Bertz CT molecular complexity index is 1160. The Labute approximate surface area is 141 Å². The van der Waals surface area contributed by atoms with Gasteiger partial charge >= 0.3 is 0 Å². The largest absolute Gasteiger partial charge is 0.346 e. The molecule has 0 atom stereocenters. The fourth-order valence-electron chi connectivity index (χ4n) is 2.73. The number of carbonyl (C=O) groups is 1. The van der Waals surface area contributed by atoms with Gasteiger partial charge in [-0.25, -0.2) is 14.2 Å². The molecule has 25 heavy (non-hydrogen) atoms. The lowest BCUT2D eigenvalue weighted by atomic mass is 10.1. The van der Waals surface area contributed by atoms with Crippen molar-refractivity contribution >= 4 is 22.3 Å². The van der Waals surface area contributed by atoms with Crippen LogP contribution in [0.15, 0.2) is 53.7 Å². The molecule has 0 fully saturated rings. The molecule has 1 aromatic carbocycles. The van der Waals surface area contributed by atoms with E-state index in [-0.39, 0.29) is 23.7 Å². The van der Waals surface area contributed by atoms with E-state index in [4.69, 9.17) is 0 Å². The average molecular weight is 334 g/mol. The normalized spacial score (nSPS) is 11.1. The number of fused-ring (bicyclic) bond motifs is 2. The monoisotopic (exact) mass is 334 g/mol. The van der Waals surface area contributed by atoms with E-state index in [2.05, 4.69) is 20.5 Å². The smallest absolute Gasteiger partial charge is 0.274 e. The predicted molar refractivity (Wildman–Crippen MR) is 91.1 cm³/mol. The first-order chi connectivity index (χ1) is 12.1. The van der Waals surface area contributed by atoms with Gasteiger partial charge in [-0.15, -0.1) is 0 Å². The topological polar surface area (TPSA) is 94.2 Å². The summed E-state index contributed by atoms with van der Waals surface area (Å²) in [5, 5.41) is 12.1. The van der Waals surface area contributed by atoms with Crippen LogP contribution in [0.3, 0.4) is 0 Å². The van der Waals surface area contributed by atoms with E-state index in [1.165, 1.54) is 11.7 Å². The second-order valence-corrected chi connectivity index (χ2v) is 5.56. The van der Waals surface area contributed by atoms with Crippen LogP contribution in [0, 0.1) is 0 Å². The third kappa shape index (κ3) is 2.53. The van der Waals surface area contributed by atoms with E-state index in [0.29, 0.717) is 16.4 Å². The zero-order valence-corrected chi connectivity index (χ0v) is 13.4. The van der Waals surface area contributed by atoms with Crippen LogP contribution in [-0.4, -0.2) is 30.3 Å². The number of aromatic nitrogens is 5. The summed E-state index contributed by atoms with van der Waals surface area (Å²) in [4.78, 5) is 29.0. The van der Waals surface area contributed by atoms with Crippen LogP contribution in [0.5, 0.6) is 0 Å². The van der Waals surface area contributed by atoms with E-state index < -0.39 is 0 Å². The van der Waals surface area contributed by atoms with Gasteiger partial charge in [0.05, 0.1) is 11.6 Å². The number of hydrogen-bond donors (Lipinski definition) is 1. The van der Waals surface area contributed by atoms with E-state index in [0.717, 1.165) is 5.56 Å². The predicted octanol–water partition coefficient (Wildman–Crippen LogP) is 0.906. The molecule has 0 saturated heterocycles. The standard InChI is InChI=1S/C17H14N6O2/c1-22-17(25)13-6-3-2-5-12(13)14(21-22)16(24)19-9-11-10-20-23-8-4-7-18-15(11)23/h2-8,10H,9H2,1H3,(H,19,24). The van der Waals surface area contributed by atoms with Crippen molar-refractivity contribution in [1.82, 2.24) is 29.7 Å². The molecule has 4 aromatic rings. The highest BCUT2D eigenvalue weighted by atomic mass is 16.2. The molecule has 0 spiro atoms. The van der Waals surface area contributed by atoms with Gasteiger partial charge in [0.15, 0.2) is 11.3 Å². The maximum atomic E-state index is 12.6. The van der Waals surface area contributed by atoms with Gasteiger partial charge in [-0.3, -0.25) is 9.59 Å². The van der Waals surface area contributed by atoms with Crippen molar-refractivity contribution in [3.63, 3.8) is 0 Å². The molecule has 0 radical (unpaired) electrons. The number of hydrogen-bond acceptors (Lipinski definition) is 5. The van der Waals surface area contributed by atoms with E-state index in [1.54, 1.807) is 53.4 Å². The van der Waals surface area contributed by atoms with E-state index >= 15 is 0 Å². The van der Waals surface area contributed by atoms with Crippen LogP contribution in [0.1, 0.15) is 16.1 Å². The molecule has 0 aliphatic rings.